The quantitative estimate of drug-likeness (QED) is 0.799. The van der Waals surface area contributed by atoms with Gasteiger partial charge in [-0.25, -0.2) is 12.8 Å². The van der Waals surface area contributed by atoms with Crippen LogP contribution in [0.3, 0.4) is 0 Å². The first-order valence-electron chi connectivity index (χ1n) is 5.26. The summed E-state index contributed by atoms with van der Waals surface area (Å²) in [6, 6.07) is 5.15. The van der Waals surface area contributed by atoms with E-state index in [1.165, 1.54) is 25.3 Å². The highest BCUT2D eigenvalue weighted by atomic mass is 32.2. The van der Waals surface area contributed by atoms with Gasteiger partial charge in [0.1, 0.15) is 5.82 Å². The number of hydrogen-bond acceptors (Lipinski definition) is 4. The Bertz CT molecular complexity index is 516. The molecule has 0 radical (unpaired) electrons. The molecule has 5 nitrogen and oxygen atoms in total. The van der Waals surface area contributed by atoms with Crippen molar-refractivity contribution in [2.45, 2.75) is 12.8 Å². The third kappa shape index (κ3) is 5.13. The van der Waals surface area contributed by atoms with Crippen molar-refractivity contribution >= 4 is 21.7 Å². The summed E-state index contributed by atoms with van der Waals surface area (Å²) >= 11 is 0. The third-order valence-electron chi connectivity index (χ3n) is 2.12. The maximum atomic E-state index is 12.8. The predicted octanol–water partition coefficient (Wildman–Crippen LogP) is 1.52. The summed E-state index contributed by atoms with van der Waals surface area (Å²) in [5.74, 6) is -1.21. The first-order chi connectivity index (χ1) is 8.43. The van der Waals surface area contributed by atoms with Crippen LogP contribution in [0, 0.1) is 5.82 Å². The first kappa shape index (κ1) is 14.4. The second kappa shape index (κ2) is 6.34. The highest BCUT2D eigenvalue weighted by Gasteiger charge is 2.12. The lowest BCUT2D eigenvalue weighted by Crippen LogP contribution is -2.17. The molecule has 0 aromatic heterocycles. The van der Waals surface area contributed by atoms with Crippen molar-refractivity contribution in [2.24, 2.45) is 0 Å². The Kier molecular flexibility index (Phi) is 5.08. The minimum absolute atomic E-state index is 0.0283. The molecule has 0 aliphatic carbocycles. The molecular weight excluding hydrogens is 261 g/mol. The smallest absolute Gasteiger partial charge is 0.305 e. The number of esters is 1. The van der Waals surface area contributed by atoms with Crippen LogP contribution in [-0.2, 0) is 19.6 Å². The second-order valence-electron chi connectivity index (χ2n) is 3.61. The monoisotopic (exact) mass is 275 g/mol. The van der Waals surface area contributed by atoms with Gasteiger partial charge in [0, 0.05) is 6.42 Å². The van der Waals surface area contributed by atoms with E-state index in [9.17, 15) is 17.6 Å². The molecule has 100 valence electrons. The van der Waals surface area contributed by atoms with Crippen molar-refractivity contribution in [1.29, 1.82) is 0 Å². The number of carbonyl (C=O) groups is 1. The Morgan fingerprint density at radius 1 is 1.44 bits per heavy atom. The van der Waals surface area contributed by atoms with Crippen molar-refractivity contribution in [3.8, 4) is 0 Å². The van der Waals surface area contributed by atoms with E-state index < -0.39 is 21.8 Å². The van der Waals surface area contributed by atoms with Gasteiger partial charge in [-0.05, 0) is 24.6 Å². The lowest BCUT2D eigenvalue weighted by molar-refractivity contribution is -0.140. The van der Waals surface area contributed by atoms with Crippen molar-refractivity contribution in [2.75, 3.05) is 17.6 Å². The van der Waals surface area contributed by atoms with Crippen LogP contribution in [0.1, 0.15) is 12.8 Å². The molecule has 0 heterocycles. The molecule has 0 aliphatic rings. The van der Waals surface area contributed by atoms with Crippen molar-refractivity contribution in [1.82, 2.24) is 0 Å². The fourth-order valence-electron chi connectivity index (χ4n) is 1.29. The van der Waals surface area contributed by atoms with Gasteiger partial charge < -0.3 is 4.74 Å². The molecule has 1 N–H and O–H groups in total. The van der Waals surface area contributed by atoms with Gasteiger partial charge >= 0.3 is 5.97 Å². The fourth-order valence-corrected chi connectivity index (χ4v) is 2.40. The molecule has 1 rings (SSSR count). The number of rotatable bonds is 6. The zero-order valence-corrected chi connectivity index (χ0v) is 10.7. The number of hydrogen-bond donors (Lipinski definition) is 1. The zero-order valence-electron chi connectivity index (χ0n) is 9.85. The molecule has 0 fully saturated rings. The van der Waals surface area contributed by atoms with Gasteiger partial charge in [-0.3, -0.25) is 9.52 Å². The predicted molar refractivity (Wildman–Crippen MR) is 65.1 cm³/mol. The number of carbonyl (C=O) groups excluding carboxylic acids is 1. The maximum Gasteiger partial charge on any atom is 0.305 e. The normalized spacial score (nSPS) is 11.0. The summed E-state index contributed by atoms with van der Waals surface area (Å²) in [5.41, 5.74) is 0.160. The van der Waals surface area contributed by atoms with Crippen LogP contribution in [0.4, 0.5) is 10.1 Å². The molecule has 0 saturated heterocycles. The van der Waals surface area contributed by atoms with Gasteiger partial charge in [-0.2, -0.15) is 0 Å². The van der Waals surface area contributed by atoms with Gasteiger partial charge in [0.05, 0.1) is 18.6 Å². The molecule has 0 atom stereocenters. The second-order valence-corrected chi connectivity index (χ2v) is 5.45. The molecule has 0 amide bonds. The Morgan fingerprint density at radius 2 is 2.17 bits per heavy atom. The molecule has 0 bridgehead atoms. The molecule has 0 unspecified atom stereocenters. The molecular formula is C11H14FNO4S. The van der Waals surface area contributed by atoms with Gasteiger partial charge in [0.2, 0.25) is 10.0 Å². The average molecular weight is 275 g/mol. The van der Waals surface area contributed by atoms with E-state index in [0.717, 1.165) is 6.07 Å². The third-order valence-corrected chi connectivity index (χ3v) is 3.49. The lowest BCUT2D eigenvalue weighted by atomic mass is 10.3. The molecule has 1 aromatic carbocycles. The molecule has 18 heavy (non-hydrogen) atoms. The Balaban J connectivity index is 2.52. The minimum Gasteiger partial charge on any atom is -0.469 e. The summed E-state index contributed by atoms with van der Waals surface area (Å²) in [6.45, 7) is 0. The van der Waals surface area contributed by atoms with Crippen LogP contribution in [0.2, 0.25) is 0 Å². The van der Waals surface area contributed by atoms with E-state index >= 15 is 0 Å². The number of sulfonamides is 1. The zero-order chi connectivity index (χ0) is 13.6. The summed E-state index contributed by atoms with van der Waals surface area (Å²) in [7, 11) is -2.34. The number of ether oxygens (including phenoxy) is 1. The summed E-state index contributed by atoms with van der Waals surface area (Å²) < 4.78 is 42.7. The van der Waals surface area contributed by atoms with E-state index in [1.807, 2.05) is 0 Å². The number of benzene rings is 1. The Morgan fingerprint density at radius 3 is 2.78 bits per heavy atom. The van der Waals surface area contributed by atoms with Crippen LogP contribution >= 0.6 is 0 Å². The maximum absolute atomic E-state index is 12.8. The number of anilines is 1. The largest absolute Gasteiger partial charge is 0.469 e. The molecule has 0 spiro atoms. The van der Waals surface area contributed by atoms with Gasteiger partial charge in [-0.15, -0.1) is 0 Å². The van der Waals surface area contributed by atoms with E-state index in [2.05, 4.69) is 9.46 Å². The van der Waals surface area contributed by atoms with E-state index in [0.29, 0.717) is 0 Å². The van der Waals surface area contributed by atoms with E-state index in [4.69, 9.17) is 0 Å². The lowest BCUT2D eigenvalue weighted by Gasteiger charge is -2.07. The SMILES string of the molecule is COC(=O)CCCS(=O)(=O)Nc1cccc(F)c1. The summed E-state index contributed by atoms with van der Waals surface area (Å²) in [4.78, 5) is 10.8. The Labute approximate surface area is 105 Å². The van der Waals surface area contributed by atoms with Crippen molar-refractivity contribution in [3.05, 3.63) is 30.1 Å². The van der Waals surface area contributed by atoms with Gasteiger partial charge in [-0.1, -0.05) is 6.07 Å². The standard InChI is InChI=1S/C11H14FNO4S/c1-17-11(14)6-3-7-18(15,16)13-10-5-2-4-9(12)8-10/h2,4-5,8,13H,3,6-7H2,1H3. The Hall–Kier alpha value is -1.63. The summed E-state index contributed by atoms with van der Waals surface area (Å²) in [5, 5.41) is 0. The van der Waals surface area contributed by atoms with Gasteiger partial charge in [0.15, 0.2) is 0 Å². The minimum atomic E-state index is -3.58. The highest BCUT2D eigenvalue weighted by molar-refractivity contribution is 7.92. The van der Waals surface area contributed by atoms with Crippen LogP contribution < -0.4 is 4.72 Å². The number of halogens is 1. The summed E-state index contributed by atoms with van der Waals surface area (Å²) in [6.07, 6.45) is 0.178. The van der Waals surface area contributed by atoms with Gasteiger partial charge in [0.25, 0.3) is 0 Å². The molecule has 0 saturated carbocycles. The average Bonchev–Trinajstić information content (AvgIpc) is 2.27. The van der Waals surface area contributed by atoms with Crippen LogP contribution in [0.15, 0.2) is 24.3 Å². The first-order valence-corrected chi connectivity index (χ1v) is 6.91. The molecule has 0 aliphatic heterocycles. The van der Waals surface area contributed by atoms with E-state index in [-0.39, 0.29) is 24.3 Å². The highest BCUT2D eigenvalue weighted by Crippen LogP contribution is 2.11. The van der Waals surface area contributed by atoms with Crippen LogP contribution in [0.25, 0.3) is 0 Å². The molecule has 1 aromatic rings. The fraction of sp³-hybridized carbons (Fsp3) is 0.364. The van der Waals surface area contributed by atoms with Crippen LogP contribution in [-0.4, -0.2) is 27.2 Å². The number of methoxy groups -OCH3 is 1. The van der Waals surface area contributed by atoms with Crippen molar-refractivity contribution in [3.63, 3.8) is 0 Å². The van der Waals surface area contributed by atoms with E-state index in [1.54, 1.807) is 0 Å². The van der Waals surface area contributed by atoms with Crippen molar-refractivity contribution < 1.29 is 22.3 Å². The number of nitrogens with one attached hydrogen (secondary N) is 1. The van der Waals surface area contributed by atoms with Crippen LogP contribution in [0.5, 0.6) is 0 Å². The topological polar surface area (TPSA) is 72.5 Å². The molecule has 7 heteroatoms.